The van der Waals surface area contributed by atoms with Crippen molar-refractivity contribution in [3.05, 3.63) is 63.4 Å². The molecule has 3 rings (SSSR count). The Bertz CT molecular complexity index is 677. The standard InChI is InChI=1S/C14H12N2O4/c17-14-12-4-2-1-3-10(12)7-8-15(14)9-11-5-6-13(20-11)16(18)19/h1-6H,7-9H2. The van der Waals surface area contributed by atoms with Crippen molar-refractivity contribution in [1.82, 2.24) is 4.90 Å². The number of amides is 1. The largest absolute Gasteiger partial charge is 0.433 e. The number of hydrogen-bond acceptors (Lipinski definition) is 4. The predicted octanol–water partition coefficient (Wildman–Crippen LogP) is 2.39. The Kier molecular flexibility index (Phi) is 2.98. The molecule has 0 atom stereocenters. The van der Waals surface area contributed by atoms with Gasteiger partial charge in [-0.2, -0.15) is 0 Å². The highest BCUT2D eigenvalue weighted by atomic mass is 16.6. The summed E-state index contributed by atoms with van der Waals surface area (Å²) in [4.78, 5) is 23.9. The molecule has 0 aliphatic carbocycles. The van der Waals surface area contributed by atoms with Crippen molar-refractivity contribution in [2.24, 2.45) is 0 Å². The van der Waals surface area contributed by atoms with E-state index in [1.54, 1.807) is 11.0 Å². The van der Waals surface area contributed by atoms with Crippen molar-refractivity contribution >= 4 is 11.8 Å². The lowest BCUT2D eigenvalue weighted by atomic mass is 9.99. The molecule has 0 fully saturated rings. The molecule has 0 N–H and O–H groups in total. The Morgan fingerprint density at radius 2 is 2.05 bits per heavy atom. The molecular formula is C14H12N2O4. The first-order valence-electron chi connectivity index (χ1n) is 6.25. The van der Waals surface area contributed by atoms with Gasteiger partial charge in [0.2, 0.25) is 0 Å². The third-order valence-corrected chi connectivity index (χ3v) is 3.36. The zero-order valence-electron chi connectivity index (χ0n) is 10.6. The molecule has 1 aromatic carbocycles. The smallest absolute Gasteiger partial charge is 0.404 e. The van der Waals surface area contributed by atoms with Crippen molar-refractivity contribution < 1.29 is 14.1 Å². The summed E-state index contributed by atoms with van der Waals surface area (Å²) in [5.41, 5.74) is 1.74. The highest BCUT2D eigenvalue weighted by Crippen LogP contribution is 2.22. The fraction of sp³-hybridized carbons (Fsp3) is 0.214. The summed E-state index contributed by atoms with van der Waals surface area (Å²) in [6, 6.07) is 10.3. The van der Waals surface area contributed by atoms with Crippen LogP contribution in [0.1, 0.15) is 21.7 Å². The number of rotatable bonds is 3. The fourth-order valence-corrected chi connectivity index (χ4v) is 2.36. The molecule has 0 unspecified atom stereocenters. The average Bonchev–Trinajstić information content (AvgIpc) is 2.91. The zero-order valence-corrected chi connectivity index (χ0v) is 10.6. The van der Waals surface area contributed by atoms with E-state index in [1.165, 1.54) is 12.1 Å². The Balaban J connectivity index is 1.79. The predicted molar refractivity (Wildman–Crippen MR) is 70.2 cm³/mol. The molecule has 2 aromatic rings. The van der Waals surface area contributed by atoms with Crippen LogP contribution in [0.25, 0.3) is 0 Å². The zero-order chi connectivity index (χ0) is 14.1. The minimum absolute atomic E-state index is 0.0640. The van der Waals surface area contributed by atoms with Crippen LogP contribution in [-0.2, 0) is 13.0 Å². The van der Waals surface area contributed by atoms with Gasteiger partial charge in [-0.1, -0.05) is 18.2 Å². The van der Waals surface area contributed by atoms with Gasteiger partial charge in [0, 0.05) is 12.1 Å². The average molecular weight is 272 g/mol. The van der Waals surface area contributed by atoms with E-state index in [0.29, 0.717) is 17.9 Å². The van der Waals surface area contributed by atoms with Crippen LogP contribution < -0.4 is 0 Å². The summed E-state index contributed by atoms with van der Waals surface area (Å²) in [6.07, 6.45) is 0.782. The summed E-state index contributed by atoms with van der Waals surface area (Å²) in [7, 11) is 0. The van der Waals surface area contributed by atoms with E-state index in [2.05, 4.69) is 0 Å². The first kappa shape index (κ1) is 12.4. The maximum Gasteiger partial charge on any atom is 0.433 e. The molecule has 0 saturated heterocycles. The molecule has 0 radical (unpaired) electrons. The van der Waals surface area contributed by atoms with E-state index in [-0.39, 0.29) is 18.3 Å². The number of carbonyl (C=O) groups excluding carboxylic acids is 1. The number of nitrogens with zero attached hydrogens (tertiary/aromatic N) is 2. The summed E-state index contributed by atoms with van der Waals surface area (Å²) in [5, 5.41) is 10.6. The highest BCUT2D eigenvalue weighted by Gasteiger charge is 2.25. The SMILES string of the molecule is O=C1c2ccccc2CCN1Cc1ccc([N+](=O)[O-])o1. The number of hydrogen-bond donors (Lipinski definition) is 0. The van der Waals surface area contributed by atoms with Crippen molar-refractivity contribution in [2.45, 2.75) is 13.0 Å². The Labute approximate surface area is 114 Å². The first-order valence-corrected chi connectivity index (χ1v) is 6.25. The van der Waals surface area contributed by atoms with E-state index in [4.69, 9.17) is 4.42 Å². The lowest BCUT2D eigenvalue weighted by Crippen LogP contribution is -2.36. The van der Waals surface area contributed by atoms with Gasteiger partial charge in [-0.3, -0.25) is 14.9 Å². The third kappa shape index (κ3) is 2.16. The van der Waals surface area contributed by atoms with Gasteiger partial charge in [-0.05, 0) is 24.1 Å². The summed E-state index contributed by atoms with van der Waals surface area (Å²) in [5.74, 6) is 0.0557. The highest BCUT2D eigenvalue weighted by molar-refractivity contribution is 5.96. The van der Waals surface area contributed by atoms with Crippen LogP contribution in [0.5, 0.6) is 0 Å². The topological polar surface area (TPSA) is 76.6 Å². The van der Waals surface area contributed by atoms with Gasteiger partial charge in [-0.25, -0.2) is 0 Å². The minimum Gasteiger partial charge on any atom is -0.404 e. The van der Waals surface area contributed by atoms with Gasteiger partial charge < -0.3 is 9.32 Å². The normalized spacial score (nSPS) is 14.2. The number of fused-ring (bicyclic) bond motifs is 1. The quantitative estimate of drug-likeness (QED) is 0.635. The fourth-order valence-electron chi connectivity index (χ4n) is 2.36. The third-order valence-electron chi connectivity index (χ3n) is 3.36. The molecule has 0 saturated carbocycles. The Morgan fingerprint density at radius 1 is 1.25 bits per heavy atom. The van der Waals surface area contributed by atoms with Crippen molar-refractivity contribution in [3.63, 3.8) is 0 Å². The molecule has 6 nitrogen and oxygen atoms in total. The van der Waals surface area contributed by atoms with Gasteiger partial charge in [-0.15, -0.1) is 0 Å². The first-order chi connectivity index (χ1) is 9.65. The number of nitro groups is 1. The second-order valence-corrected chi connectivity index (χ2v) is 4.63. The van der Waals surface area contributed by atoms with E-state index >= 15 is 0 Å². The Hall–Kier alpha value is -2.63. The van der Waals surface area contributed by atoms with Crippen LogP contribution in [0.3, 0.4) is 0 Å². The lowest BCUT2D eigenvalue weighted by molar-refractivity contribution is -0.402. The van der Waals surface area contributed by atoms with Gasteiger partial charge in [0.25, 0.3) is 5.91 Å². The van der Waals surface area contributed by atoms with E-state index in [1.807, 2.05) is 18.2 Å². The molecule has 2 heterocycles. The minimum atomic E-state index is -0.586. The molecule has 20 heavy (non-hydrogen) atoms. The second kappa shape index (κ2) is 4.80. The molecular weight excluding hydrogens is 260 g/mol. The molecule has 1 aromatic heterocycles. The lowest BCUT2D eigenvalue weighted by Gasteiger charge is -2.27. The van der Waals surface area contributed by atoms with Crippen molar-refractivity contribution in [1.29, 1.82) is 0 Å². The van der Waals surface area contributed by atoms with Gasteiger partial charge >= 0.3 is 5.88 Å². The van der Waals surface area contributed by atoms with Crippen LogP contribution in [-0.4, -0.2) is 22.3 Å². The maximum atomic E-state index is 12.3. The molecule has 102 valence electrons. The molecule has 6 heteroatoms. The monoisotopic (exact) mass is 272 g/mol. The number of benzene rings is 1. The summed E-state index contributed by atoms with van der Waals surface area (Å²) >= 11 is 0. The summed E-state index contributed by atoms with van der Waals surface area (Å²) in [6.45, 7) is 0.839. The number of carbonyl (C=O) groups is 1. The van der Waals surface area contributed by atoms with Crippen molar-refractivity contribution in [3.8, 4) is 0 Å². The van der Waals surface area contributed by atoms with Crippen LogP contribution in [0.4, 0.5) is 5.88 Å². The van der Waals surface area contributed by atoms with Crippen LogP contribution in [0.15, 0.2) is 40.8 Å². The number of furan rings is 1. The van der Waals surface area contributed by atoms with Crippen LogP contribution >= 0.6 is 0 Å². The molecule has 1 amide bonds. The van der Waals surface area contributed by atoms with E-state index < -0.39 is 4.92 Å². The van der Waals surface area contributed by atoms with Gasteiger partial charge in [0.15, 0.2) is 0 Å². The van der Waals surface area contributed by atoms with E-state index in [9.17, 15) is 14.9 Å². The van der Waals surface area contributed by atoms with E-state index in [0.717, 1.165) is 12.0 Å². The Morgan fingerprint density at radius 3 is 2.80 bits per heavy atom. The van der Waals surface area contributed by atoms with Crippen LogP contribution in [0.2, 0.25) is 0 Å². The van der Waals surface area contributed by atoms with Crippen molar-refractivity contribution in [2.75, 3.05) is 6.54 Å². The molecule has 1 aliphatic rings. The van der Waals surface area contributed by atoms with Gasteiger partial charge in [0.05, 0.1) is 12.6 Å². The molecule has 0 spiro atoms. The molecule has 1 aliphatic heterocycles. The van der Waals surface area contributed by atoms with Gasteiger partial charge in [0.1, 0.15) is 10.7 Å². The second-order valence-electron chi connectivity index (χ2n) is 4.63. The molecule has 0 bridgehead atoms. The van der Waals surface area contributed by atoms with Crippen LogP contribution in [0, 0.1) is 10.1 Å². The summed E-state index contributed by atoms with van der Waals surface area (Å²) < 4.78 is 5.09. The maximum absolute atomic E-state index is 12.3.